The summed E-state index contributed by atoms with van der Waals surface area (Å²) >= 11 is 5.87. The van der Waals surface area contributed by atoms with Crippen LogP contribution >= 0.6 is 11.6 Å². The molecule has 6 nitrogen and oxygen atoms in total. The van der Waals surface area contributed by atoms with Crippen LogP contribution in [-0.4, -0.2) is 32.4 Å². The molecule has 0 unspecified atom stereocenters. The van der Waals surface area contributed by atoms with E-state index in [1.807, 2.05) is 12.1 Å². The van der Waals surface area contributed by atoms with Crippen molar-refractivity contribution in [3.05, 3.63) is 59.4 Å². The van der Waals surface area contributed by atoms with Gasteiger partial charge in [0.15, 0.2) is 0 Å². The summed E-state index contributed by atoms with van der Waals surface area (Å²) in [6.07, 6.45) is 4.15. The number of hydrogen-bond donors (Lipinski definition) is 2. The number of pyridine rings is 1. The van der Waals surface area contributed by atoms with Crippen LogP contribution < -0.4 is 10.0 Å². The first kappa shape index (κ1) is 18.4. The van der Waals surface area contributed by atoms with Crippen molar-refractivity contribution in [2.75, 3.05) is 13.1 Å². The molecule has 0 saturated heterocycles. The third-order valence-electron chi connectivity index (χ3n) is 3.23. The minimum absolute atomic E-state index is 0.00338. The summed E-state index contributed by atoms with van der Waals surface area (Å²) in [6.45, 7) is 0.480. The molecule has 1 aromatic heterocycles. The molecule has 0 saturated carbocycles. The van der Waals surface area contributed by atoms with Gasteiger partial charge in [0.25, 0.3) is 0 Å². The fourth-order valence-electron chi connectivity index (χ4n) is 2.02. The second kappa shape index (κ2) is 8.77. The summed E-state index contributed by atoms with van der Waals surface area (Å²) in [7, 11) is -3.72. The molecule has 0 aliphatic carbocycles. The molecule has 1 amide bonds. The van der Waals surface area contributed by atoms with Crippen LogP contribution in [0.25, 0.3) is 0 Å². The second-order valence-corrected chi connectivity index (χ2v) is 7.18. The van der Waals surface area contributed by atoms with E-state index in [0.717, 1.165) is 5.56 Å². The molecule has 0 aliphatic heterocycles. The van der Waals surface area contributed by atoms with Crippen molar-refractivity contribution in [1.29, 1.82) is 0 Å². The normalized spacial score (nSPS) is 11.2. The zero-order valence-corrected chi connectivity index (χ0v) is 14.5. The number of benzene rings is 1. The number of nitrogens with one attached hydrogen (secondary N) is 2. The molecule has 8 heteroatoms. The van der Waals surface area contributed by atoms with Crippen LogP contribution in [0.5, 0.6) is 0 Å². The van der Waals surface area contributed by atoms with Crippen molar-refractivity contribution in [2.24, 2.45) is 0 Å². The van der Waals surface area contributed by atoms with Gasteiger partial charge in [0, 0.05) is 31.9 Å². The average Bonchev–Trinajstić information content (AvgIpc) is 2.56. The minimum atomic E-state index is -3.72. The van der Waals surface area contributed by atoms with Gasteiger partial charge < -0.3 is 5.32 Å². The monoisotopic (exact) mass is 367 g/mol. The summed E-state index contributed by atoms with van der Waals surface area (Å²) < 4.78 is 26.6. The predicted molar refractivity (Wildman–Crippen MR) is 92.2 cm³/mol. The third-order valence-corrected chi connectivity index (χ3v) is 5.19. The molecule has 0 aliphatic rings. The van der Waals surface area contributed by atoms with Gasteiger partial charge in [-0.2, -0.15) is 0 Å². The van der Waals surface area contributed by atoms with Gasteiger partial charge in [0.2, 0.25) is 15.9 Å². The number of sulfonamides is 1. The molecule has 2 N–H and O–H groups in total. The predicted octanol–water partition coefficient (Wildman–Crippen LogP) is 1.76. The molecule has 0 spiro atoms. The first-order valence-corrected chi connectivity index (χ1v) is 9.25. The van der Waals surface area contributed by atoms with Crippen molar-refractivity contribution in [2.45, 2.75) is 17.7 Å². The van der Waals surface area contributed by atoms with E-state index < -0.39 is 10.0 Å². The van der Waals surface area contributed by atoms with Gasteiger partial charge in [-0.15, -0.1) is 0 Å². The Morgan fingerprint density at radius 2 is 1.92 bits per heavy atom. The van der Waals surface area contributed by atoms with E-state index >= 15 is 0 Å². The van der Waals surface area contributed by atoms with Crippen LogP contribution in [0, 0.1) is 0 Å². The second-order valence-electron chi connectivity index (χ2n) is 5.04. The molecular formula is C16H18ClN3O3S. The zero-order valence-electron chi connectivity index (χ0n) is 12.9. The fraction of sp³-hybridized carbons (Fsp3) is 0.250. The molecule has 24 heavy (non-hydrogen) atoms. The first-order valence-electron chi connectivity index (χ1n) is 7.39. The van der Waals surface area contributed by atoms with E-state index in [1.54, 1.807) is 24.5 Å². The Kier molecular flexibility index (Phi) is 6.72. The van der Waals surface area contributed by atoms with E-state index in [4.69, 9.17) is 11.6 Å². The first-order chi connectivity index (χ1) is 11.5. The Balaban J connectivity index is 1.73. The Labute approximate surface area is 146 Å². The topological polar surface area (TPSA) is 88.2 Å². The lowest BCUT2D eigenvalue weighted by atomic mass is 10.2. The molecular weight excluding hydrogens is 350 g/mol. The Hall–Kier alpha value is -1.96. The van der Waals surface area contributed by atoms with Gasteiger partial charge in [-0.1, -0.05) is 29.8 Å². The molecule has 128 valence electrons. The van der Waals surface area contributed by atoms with E-state index in [0.29, 0.717) is 13.0 Å². The molecule has 0 bridgehead atoms. The van der Waals surface area contributed by atoms with Crippen LogP contribution in [0.15, 0.2) is 53.7 Å². The maximum atomic E-state index is 12.1. The highest BCUT2D eigenvalue weighted by molar-refractivity contribution is 7.89. The summed E-state index contributed by atoms with van der Waals surface area (Å²) in [6, 6.07) is 9.92. The summed E-state index contributed by atoms with van der Waals surface area (Å²) in [4.78, 5) is 15.7. The quantitative estimate of drug-likeness (QED) is 0.744. The lowest BCUT2D eigenvalue weighted by Crippen LogP contribution is -2.31. The van der Waals surface area contributed by atoms with E-state index in [2.05, 4.69) is 15.0 Å². The van der Waals surface area contributed by atoms with Crippen molar-refractivity contribution >= 4 is 27.5 Å². The van der Waals surface area contributed by atoms with Gasteiger partial charge in [-0.25, -0.2) is 13.1 Å². The summed E-state index contributed by atoms with van der Waals surface area (Å²) in [5.74, 6) is -0.222. The van der Waals surface area contributed by atoms with Crippen molar-refractivity contribution in [1.82, 2.24) is 15.0 Å². The number of carbonyl (C=O) groups is 1. The summed E-state index contributed by atoms with van der Waals surface area (Å²) in [5, 5.41) is 2.89. The molecule has 0 fully saturated rings. The number of aromatic nitrogens is 1. The standard InChI is InChI=1S/C16H18ClN3O3S/c17-14-5-1-2-6-15(14)24(22,23)20-11-8-16(21)19-10-7-13-4-3-9-18-12-13/h1-6,9,12,20H,7-8,10-11H2,(H,19,21). The number of carbonyl (C=O) groups excluding carboxylic acids is 1. The van der Waals surface area contributed by atoms with E-state index in [-0.39, 0.29) is 28.8 Å². The summed E-state index contributed by atoms with van der Waals surface area (Å²) in [5.41, 5.74) is 1.03. The maximum Gasteiger partial charge on any atom is 0.242 e. The van der Waals surface area contributed by atoms with Crippen molar-refractivity contribution in [3.8, 4) is 0 Å². The molecule has 1 heterocycles. The van der Waals surface area contributed by atoms with Crippen LogP contribution in [0.1, 0.15) is 12.0 Å². The maximum absolute atomic E-state index is 12.1. The van der Waals surface area contributed by atoms with Crippen LogP contribution in [0.4, 0.5) is 0 Å². The van der Waals surface area contributed by atoms with Gasteiger partial charge in [0.1, 0.15) is 4.90 Å². The van der Waals surface area contributed by atoms with Crippen LogP contribution in [0.3, 0.4) is 0 Å². The highest BCUT2D eigenvalue weighted by Crippen LogP contribution is 2.19. The molecule has 0 radical (unpaired) electrons. The van der Waals surface area contributed by atoms with Crippen molar-refractivity contribution < 1.29 is 13.2 Å². The molecule has 1 aromatic carbocycles. The number of amides is 1. The Morgan fingerprint density at radius 3 is 2.62 bits per heavy atom. The van der Waals surface area contributed by atoms with Gasteiger partial charge in [0.05, 0.1) is 5.02 Å². The highest BCUT2D eigenvalue weighted by Gasteiger charge is 2.17. The van der Waals surface area contributed by atoms with Crippen LogP contribution in [0.2, 0.25) is 5.02 Å². The average molecular weight is 368 g/mol. The fourth-order valence-corrected chi connectivity index (χ4v) is 3.57. The minimum Gasteiger partial charge on any atom is -0.356 e. The van der Waals surface area contributed by atoms with E-state index in [9.17, 15) is 13.2 Å². The lowest BCUT2D eigenvalue weighted by molar-refractivity contribution is -0.120. The van der Waals surface area contributed by atoms with Gasteiger partial charge in [-0.3, -0.25) is 9.78 Å². The van der Waals surface area contributed by atoms with E-state index in [1.165, 1.54) is 12.1 Å². The highest BCUT2D eigenvalue weighted by atomic mass is 35.5. The Bertz CT molecular complexity index is 782. The van der Waals surface area contributed by atoms with Gasteiger partial charge >= 0.3 is 0 Å². The number of halogens is 1. The number of nitrogens with zero attached hydrogens (tertiary/aromatic N) is 1. The number of hydrogen-bond acceptors (Lipinski definition) is 4. The molecule has 2 rings (SSSR count). The largest absolute Gasteiger partial charge is 0.356 e. The van der Waals surface area contributed by atoms with Crippen LogP contribution in [-0.2, 0) is 21.2 Å². The molecule has 2 aromatic rings. The third kappa shape index (κ3) is 5.59. The number of rotatable bonds is 8. The van der Waals surface area contributed by atoms with Crippen molar-refractivity contribution in [3.63, 3.8) is 0 Å². The Morgan fingerprint density at radius 1 is 1.12 bits per heavy atom. The zero-order chi connectivity index (χ0) is 17.4. The smallest absolute Gasteiger partial charge is 0.242 e. The molecule has 0 atom stereocenters. The lowest BCUT2D eigenvalue weighted by Gasteiger charge is -2.08. The SMILES string of the molecule is O=C(CCNS(=O)(=O)c1ccccc1Cl)NCCc1cccnc1. The van der Waals surface area contributed by atoms with Gasteiger partial charge in [-0.05, 0) is 30.2 Å².